The Hall–Kier alpha value is -3.84. The molecule has 3 aromatic rings. The molecule has 0 aliphatic heterocycles. The molecule has 226 valence electrons. The maximum Gasteiger partial charge on any atom is 0.389 e. The van der Waals surface area contributed by atoms with Gasteiger partial charge in [0.2, 0.25) is 11.8 Å². The number of halogens is 5. The predicted octanol–water partition coefficient (Wildman–Crippen LogP) is 5.34. The van der Waals surface area contributed by atoms with Crippen LogP contribution in [0.1, 0.15) is 85.2 Å². The van der Waals surface area contributed by atoms with Crippen LogP contribution in [0, 0.1) is 11.8 Å². The van der Waals surface area contributed by atoms with Crippen molar-refractivity contribution in [2.24, 2.45) is 11.8 Å². The summed E-state index contributed by atoms with van der Waals surface area (Å²) in [5.74, 6) is -3.80. The molecule has 0 spiro atoms. The molecule has 1 unspecified atom stereocenters. The van der Waals surface area contributed by atoms with Gasteiger partial charge in [-0.3, -0.25) is 14.6 Å². The lowest BCUT2D eigenvalue weighted by molar-refractivity contribution is -0.144. The van der Waals surface area contributed by atoms with Crippen molar-refractivity contribution in [2.45, 2.75) is 75.5 Å². The molecule has 2 aliphatic carbocycles. The fraction of sp³-hybridized carbons (Fsp3) is 0.536. The number of amides is 2. The van der Waals surface area contributed by atoms with Crippen LogP contribution in [0.15, 0.2) is 36.8 Å². The van der Waals surface area contributed by atoms with Crippen molar-refractivity contribution in [3.05, 3.63) is 53.7 Å². The van der Waals surface area contributed by atoms with Gasteiger partial charge in [-0.05, 0) is 55.2 Å². The third-order valence-electron chi connectivity index (χ3n) is 7.80. The van der Waals surface area contributed by atoms with Crippen molar-refractivity contribution >= 4 is 17.5 Å². The second-order valence-electron chi connectivity index (χ2n) is 11.0. The first-order valence-electron chi connectivity index (χ1n) is 13.8. The van der Waals surface area contributed by atoms with E-state index >= 15 is 0 Å². The number of aromatic nitrogens is 4. The van der Waals surface area contributed by atoms with Crippen molar-refractivity contribution in [1.29, 1.82) is 0 Å². The Morgan fingerprint density at radius 3 is 2.48 bits per heavy atom. The Bertz CT molecular complexity index is 1430. The van der Waals surface area contributed by atoms with Gasteiger partial charge < -0.3 is 15.4 Å². The van der Waals surface area contributed by atoms with Crippen LogP contribution in [0.4, 0.5) is 22.0 Å². The predicted molar refractivity (Wildman–Crippen MR) is 140 cm³/mol. The van der Waals surface area contributed by atoms with E-state index in [0.717, 1.165) is 12.8 Å². The third kappa shape index (κ3) is 7.32. The molecule has 2 fully saturated rings. The van der Waals surface area contributed by atoms with Gasteiger partial charge in [0.05, 0.1) is 43.7 Å². The summed E-state index contributed by atoms with van der Waals surface area (Å²) in [4.78, 5) is 34.2. The average Bonchev–Trinajstić information content (AvgIpc) is 3.71. The summed E-state index contributed by atoms with van der Waals surface area (Å²) in [6.07, 6.45) is -0.384. The zero-order valence-corrected chi connectivity index (χ0v) is 22.8. The minimum Gasteiger partial charge on any atom is -0.497 e. The fourth-order valence-corrected chi connectivity index (χ4v) is 5.34. The van der Waals surface area contributed by atoms with Gasteiger partial charge >= 0.3 is 6.18 Å². The third-order valence-corrected chi connectivity index (χ3v) is 7.80. The topological polar surface area (TPSA) is 111 Å². The van der Waals surface area contributed by atoms with E-state index in [0.29, 0.717) is 22.7 Å². The molecule has 9 nitrogen and oxygen atoms in total. The highest BCUT2D eigenvalue weighted by Gasteiger charge is 2.40. The molecule has 0 aromatic carbocycles. The molecule has 42 heavy (non-hydrogen) atoms. The average molecular weight is 595 g/mol. The number of methoxy groups -OCH3 is 1. The lowest BCUT2D eigenvalue weighted by Crippen LogP contribution is -2.37. The minimum atomic E-state index is -4.43. The number of nitrogens with one attached hydrogen (secondary N) is 2. The molecule has 2 amide bonds. The highest BCUT2D eigenvalue weighted by Crippen LogP contribution is 2.43. The molecular weight excluding hydrogens is 563 g/mol. The van der Waals surface area contributed by atoms with Crippen LogP contribution in [0.3, 0.4) is 0 Å². The number of fused-ring (bicyclic) bond motifs is 1. The summed E-state index contributed by atoms with van der Waals surface area (Å²) >= 11 is 0. The Kier molecular flexibility index (Phi) is 8.33. The van der Waals surface area contributed by atoms with Crippen LogP contribution in [-0.2, 0) is 4.79 Å². The van der Waals surface area contributed by atoms with Crippen molar-refractivity contribution in [3.8, 4) is 5.75 Å². The Labute approximate surface area is 238 Å². The molecule has 3 heterocycles. The number of imidazole rings is 1. The number of pyridine rings is 1. The minimum absolute atomic E-state index is 0.0739. The van der Waals surface area contributed by atoms with Gasteiger partial charge in [0.15, 0.2) is 5.65 Å². The lowest BCUT2D eigenvalue weighted by Gasteiger charge is -2.33. The number of alkyl halides is 5. The molecule has 14 heteroatoms. The quantitative estimate of drug-likeness (QED) is 0.307. The van der Waals surface area contributed by atoms with Crippen LogP contribution in [0.5, 0.6) is 5.75 Å². The second-order valence-corrected chi connectivity index (χ2v) is 11.0. The number of carbonyl (C=O) groups is 2. The zero-order chi connectivity index (χ0) is 30.1. The van der Waals surface area contributed by atoms with E-state index in [9.17, 15) is 31.5 Å². The number of hydrogen-bond acceptors (Lipinski definition) is 6. The van der Waals surface area contributed by atoms with Crippen molar-refractivity contribution in [3.63, 3.8) is 0 Å². The van der Waals surface area contributed by atoms with Crippen LogP contribution in [-0.4, -0.2) is 50.6 Å². The second kappa shape index (κ2) is 11.8. The zero-order valence-electron chi connectivity index (χ0n) is 22.8. The van der Waals surface area contributed by atoms with Gasteiger partial charge in [0, 0.05) is 31.5 Å². The molecule has 0 bridgehead atoms. The van der Waals surface area contributed by atoms with Crippen LogP contribution >= 0.6 is 0 Å². The summed E-state index contributed by atoms with van der Waals surface area (Å²) in [6, 6.07) is 3.53. The fourth-order valence-electron chi connectivity index (χ4n) is 5.34. The van der Waals surface area contributed by atoms with E-state index in [2.05, 4.69) is 25.7 Å². The number of carbonyl (C=O) groups excluding carboxylic acids is 2. The summed E-state index contributed by atoms with van der Waals surface area (Å²) < 4.78 is 72.4. The molecule has 5 rings (SSSR count). The van der Waals surface area contributed by atoms with Crippen molar-refractivity contribution < 1.29 is 36.3 Å². The van der Waals surface area contributed by atoms with Gasteiger partial charge in [-0.1, -0.05) is 0 Å². The van der Waals surface area contributed by atoms with E-state index in [1.54, 1.807) is 18.3 Å². The Morgan fingerprint density at radius 2 is 1.81 bits per heavy atom. The summed E-state index contributed by atoms with van der Waals surface area (Å²) in [5, 5.41) is 10.0. The molecule has 2 N–H and O–H groups in total. The Balaban J connectivity index is 1.40. The van der Waals surface area contributed by atoms with E-state index in [4.69, 9.17) is 4.74 Å². The SMILES string of the molecule is COc1ccnc(C(=O)N[C@H](c2cn3ncc(C(NC(=O)CCC(F)(F)F)C4CC4)cc3n2)C2CCC(F)(F)CC2)c1. The largest absolute Gasteiger partial charge is 0.497 e. The molecule has 2 saturated carbocycles. The maximum absolute atomic E-state index is 14.0. The van der Waals surface area contributed by atoms with Crippen molar-refractivity contribution in [1.82, 2.24) is 30.2 Å². The summed E-state index contributed by atoms with van der Waals surface area (Å²) in [6.45, 7) is 0. The number of hydrogen-bond donors (Lipinski definition) is 2. The van der Waals surface area contributed by atoms with Crippen molar-refractivity contribution in [2.75, 3.05) is 7.11 Å². The Morgan fingerprint density at radius 1 is 1.10 bits per heavy atom. The highest BCUT2D eigenvalue weighted by atomic mass is 19.4. The molecule has 2 aliphatic rings. The van der Waals surface area contributed by atoms with Gasteiger partial charge in [-0.25, -0.2) is 18.3 Å². The smallest absolute Gasteiger partial charge is 0.389 e. The monoisotopic (exact) mass is 594 g/mol. The summed E-state index contributed by atoms with van der Waals surface area (Å²) in [7, 11) is 1.46. The summed E-state index contributed by atoms with van der Waals surface area (Å²) in [5.41, 5.74) is 1.50. The standard InChI is InChI=1S/C28H31F5N6O3/c1-42-19-7-11-34-20(13-19)26(41)38-25(17-4-8-27(29,30)9-5-17)21-15-39-22(36-21)12-18(14-35-39)24(16-2-3-16)37-23(40)6-10-28(31,32)33/h7,11-17,24-25H,2-6,8-10H2,1H3,(H,37,40)(H,38,41)/t24?,25-/m0/s1. The van der Waals surface area contributed by atoms with Crippen LogP contribution < -0.4 is 15.4 Å². The van der Waals surface area contributed by atoms with Gasteiger partial charge in [0.1, 0.15) is 11.4 Å². The molecule has 2 atom stereocenters. The highest BCUT2D eigenvalue weighted by molar-refractivity contribution is 5.92. The normalized spacial score (nSPS) is 18.8. The molecular formula is C28H31F5N6O3. The first-order chi connectivity index (χ1) is 19.9. The number of nitrogens with zero attached hydrogens (tertiary/aromatic N) is 4. The van der Waals surface area contributed by atoms with Crippen LogP contribution in [0.25, 0.3) is 5.65 Å². The van der Waals surface area contributed by atoms with Gasteiger partial charge in [-0.15, -0.1) is 0 Å². The van der Waals surface area contributed by atoms with E-state index in [1.807, 2.05) is 0 Å². The van der Waals surface area contributed by atoms with E-state index in [-0.39, 0.29) is 43.2 Å². The first-order valence-corrected chi connectivity index (χ1v) is 13.8. The van der Waals surface area contributed by atoms with E-state index in [1.165, 1.54) is 30.1 Å². The van der Waals surface area contributed by atoms with Gasteiger partial charge in [-0.2, -0.15) is 18.3 Å². The molecule has 0 saturated heterocycles. The maximum atomic E-state index is 14.0. The number of rotatable bonds is 10. The first kappa shape index (κ1) is 29.6. The van der Waals surface area contributed by atoms with Gasteiger partial charge in [0.25, 0.3) is 5.91 Å². The number of ether oxygens (including phenoxy) is 1. The van der Waals surface area contributed by atoms with E-state index < -0.39 is 48.8 Å². The van der Waals surface area contributed by atoms with Crippen LogP contribution in [0.2, 0.25) is 0 Å². The lowest BCUT2D eigenvalue weighted by atomic mass is 9.81. The molecule has 3 aromatic heterocycles. The molecule has 0 radical (unpaired) electrons.